The molecule has 2 fully saturated rings. The van der Waals surface area contributed by atoms with Gasteiger partial charge in [-0.05, 0) is 99.2 Å². The molecule has 2 aliphatic rings. The van der Waals surface area contributed by atoms with E-state index in [0.717, 1.165) is 92.9 Å². The fourth-order valence-electron chi connectivity index (χ4n) is 7.32. The quantitative estimate of drug-likeness (QED) is 0.219. The number of piperazine rings is 1. The van der Waals surface area contributed by atoms with E-state index in [1.807, 2.05) is 36.7 Å². The van der Waals surface area contributed by atoms with Gasteiger partial charge in [0.2, 0.25) is 0 Å². The third kappa shape index (κ3) is 7.47. The summed E-state index contributed by atoms with van der Waals surface area (Å²) in [6, 6.07) is 17.1. The summed E-state index contributed by atoms with van der Waals surface area (Å²) in [6.07, 6.45) is 8.29. The summed E-state index contributed by atoms with van der Waals surface area (Å²) in [5.41, 5.74) is 12.2. The molecule has 0 bridgehead atoms. The Labute approximate surface area is 280 Å². The van der Waals surface area contributed by atoms with Gasteiger partial charge in [0.15, 0.2) is 0 Å². The van der Waals surface area contributed by atoms with Crippen molar-refractivity contribution in [3.8, 4) is 11.1 Å². The van der Waals surface area contributed by atoms with E-state index >= 15 is 0 Å². The molecule has 250 valence electrons. The average Bonchev–Trinajstić information content (AvgIpc) is 3.43. The zero-order chi connectivity index (χ0) is 32.9. The van der Waals surface area contributed by atoms with E-state index in [2.05, 4.69) is 86.2 Å². The minimum atomic E-state index is 0.174. The number of carbonyl (C=O) groups is 1. The first-order valence-corrected chi connectivity index (χ1v) is 17.6. The first kappa shape index (κ1) is 33.0. The number of fused-ring (bicyclic) bond motifs is 1. The predicted molar refractivity (Wildman–Crippen MR) is 193 cm³/mol. The fourth-order valence-corrected chi connectivity index (χ4v) is 7.32. The molecule has 0 saturated carbocycles. The second-order valence-electron chi connectivity index (χ2n) is 13.6. The number of carbonyl (C=O) groups excluding carboxylic acids is 1. The standard InChI is InChI=1S/C38H52N8O/c1-5-17-46(28(3)6-2)26-29-14-18-45(19-15-29)38(47)30-7-10-32(11-8-30)44-22-20-43(21-23-44)27-33-24-35-34(13-16-40-37(35)42(33)4)31-9-12-36(39)41-25-31/h7-13,16,24-25,28-29H,5-6,14-15,17-23,26-27H2,1-4H3,(H2,39,41). The van der Waals surface area contributed by atoms with Gasteiger partial charge in [-0.3, -0.25) is 9.69 Å². The topological polar surface area (TPSA) is 86.8 Å². The molecular weight excluding hydrogens is 584 g/mol. The van der Waals surface area contributed by atoms with Crippen LogP contribution in [0.3, 0.4) is 0 Å². The van der Waals surface area contributed by atoms with Crippen LogP contribution in [0.4, 0.5) is 11.5 Å². The first-order chi connectivity index (χ1) is 22.8. The number of rotatable bonds is 11. The van der Waals surface area contributed by atoms with Gasteiger partial charge in [0, 0.05) is 106 Å². The Balaban J connectivity index is 1.01. The van der Waals surface area contributed by atoms with E-state index in [0.29, 0.717) is 17.8 Å². The van der Waals surface area contributed by atoms with Gasteiger partial charge in [-0.15, -0.1) is 0 Å². The molecule has 47 heavy (non-hydrogen) atoms. The molecule has 1 amide bonds. The maximum Gasteiger partial charge on any atom is 0.253 e. The number of anilines is 2. The number of hydrogen-bond acceptors (Lipinski definition) is 7. The summed E-state index contributed by atoms with van der Waals surface area (Å²) < 4.78 is 2.21. The van der Waals surface area contributed by atoms with E-state index in [4.69, 9.17) is 5.73 Å². The van der Waals surface area contributed by atoms with Gasteiger partial charge in [0.25, 0.3) is 5.91 Å². The van der Waals surface area contributed by atoms with Crippen LogP contribution in [0.25, 0.3) is 22.2 Å². The van der Waals surface area contributed by atoms with Crippen molar-refractivity contribution in [1.82, 2.24) is 29.2 Å². The summed E-state index contributed by atoms with van der Waals surface area (Å²) in [6.45, 7) is 15.7. The number of hydrogen-bond donors (Lipinski definition) is 1. The highest BCUT2D eigenvalue weighted by Crippen LogP contribution is 2.30. The molecule has 3 aromatic heterocycles. The van der Waals surface area contributed by atoms with Crippen molar-refractivity contribution in [3.63, 3.8) is 0 Å². The van der Waals surface area contributed by atoms with E-state index in [1.54, 1.807) is 0 Å². The SMILES string of the molecule is CCCN(CC1CCN(C(=O)c2ccc(N3CCN(Cc4cc5c(-c6ccc(N)nc6)ccnc5n4C)CC3)cc2)CC1)C(C)CC. The largest absolute Gasteiger partial charge is 0.384 e. The van der Waals surface area contributed by atoms with Crippen LogP contribution in [0.5, 0.6) is 0 Å². The van der Waals surface area contributed by atoms with Crippen molar-refractivity contribution in [2.45, 2.75) is 59.0 Å². The van der Waals surface area contributed by atoms with Crippen LogP contribution < -0.4 is 10.6 Å². The second-order valence-corrected chi connectivity index (χ2v) is 13.6. The van der Waals surface area contributed by atoms with Crippen molar-refractivity contribution < 1.29 is 4.79 Å². The fraction of sp³-hybridized carbons (Fsp3) is 0.500. The lowest BCUT2D eigenvalue weighted by Crippen LogP contribution is -2.46. The molecule has 5 heterocycles. The number of pyridine rings is 2. The zero-order valence-electron chi connectivity index (χ0n) is 28.7. The average molecular weight is 637 g/mol. The Kier molecular flexibility index (Phi) is 10.4. The lowest BCUT2D eigenvalue weighted by atomic mass is 9.94. The molecule has 1 atom stereocenters. The first-order valence-electron chi connectivity index (χ1n) is 17.6. The van der Waals surface area contributed by atoms with Crippen molar-refractivity contribution >= 4 is 28.4 Å². The molecular formula is C38H52N8O. The van der Waals surface area contributed by atoms with Gasteiger partial charge in [0.05, 0.1) is 0 Å². The summed E-state index contributed by atoms with van der Waals surface area (Å²) >= 11 is 0. The van der Waals surface area contributed by atoms with Crippen LogP contribution in [0.15, 0.2) is 60.9 Å². The second kappa shape index (κ2) is 14.9. The molecule has 0 aliphatic carbocycles. The number of aryl methyl sites for hydroxylation is 1. The van der Waals surface area contributed by atoms with E-state index < -0.39 is 0 Å². The molecule has 0 radical (unpaired) electrons. The third-order valence-corrected chi connectivity index (χ3v) is 10.5. The number of nitrogens with two attached hydrogens (primary N) is 1. The Morgan fingerprint density at radius 1 is 0.979 bits per heavy atom. The molecule has 1 unspecified atom stereocenters. The van der Waals surface area contributed by atoms with Gasteiger partial charge in [-0.1, -0.05) is 13.8 Å². The monoisotopic (exact) mass is 636 g/mol. The Morgan fingerprint density at radius 2 is 1.72 bits per heavy atom. The van der Waals surface area contributed by atoms with E-state index in [-0.39, 0.29) is 5.91 Å². The van der Waals surface area contributed by atoms with Crippen LogP contribution in [-0.4, -0.2) is 93.5 Å². The predicted octanol–water partition coefficient (Wildman–Crippen LogP) is 5.90. The lowest BCUT2D eigenvalue weighted by molar-refractivity contribution is 0.0651. The Bertz CT molecular complexity index is 1620. The zero-order valence-corrected chi connectivity index (χ0v) is 28.7. The van der Waals surface area contributed by atoms with Gasteiger partial charge < -0.3 is 25.0 Å². The number of aromatic nitrogens is 3. The van der Waals surface area contributed by atoms with Crippen molar-refractivity contribution in [3.05, 3.63) is 72.2 Å². The minimum absolute atomic E-state index is 0.174. The lowest BCUT2D eigenvalue weighted by Gasteiger charge is -2.37. The number of nitrogen functional groups attached to an aromatic ring is 1. The van der Waals surface area contributed by atoms with Crippen LogP contribution in [0.1, 0.15) is 62.5 Å². The van der Waals surface area contributed by atoms with Gasteiger partial charge in [0.1, 0.15) is 11.5 Å². The Morgan fingerprint density at radius 3 is 2.38 bits per heavy atom. The number of likely N-dealkylation sites (tertiary alicyclic amines) is 1. The summed E-state index contributed by atoms with van der Waals surface area (Å²) in [5.74, 6) is 1.38. The van der Waals surface area contributed by atoms with Crippen LogP contribution in [-0.2, 0) is 13.6 Å². The van der Waals surface area contributed by atoms with Crippen LogP contribution in [0, 0.1) is 5.92 Å². The highest BCUT2D eigenvalue weighted by Gasteiger charge is 2.26. The third-order valence-electron chi connectivity index (χ3n) is 10.5. The van der Waals surface area contributed by atoms with E-state index in [1.165, 1.54) is 30.8 Å². The Hall–Kier alpha value is -3.95. The molecule has 4 aromatic rings. The van der Waals surface area contributed by atoms with E-state index in [9.17, 15) is 4.79 Å². The highest BCUT2D eigenvalue weighted by molar-refractivity contribution is 5.95. The maximum absolute atomic E-state index is 13.4. The smallest absolute Gasteiger partial charge is 0.253 e. The van der Waals surface area contributed by atoms with Crippen molar-refractivity contribution in [1.29, 1.82) is 0 Å². The maximum atomic E-state index is 13.4. The van der Waals surface area contributed by atoms with Crippen molar-refractivity contribution in [2.24, 2.45) is 13.0 Å². The number of benzene rings is 1. The summed E-state index contributed by atoms with van der Waals surface area (Å²) in [7, 11) is 2.10. The number of amides is 1. The van der Waals surface area contributed by atoms with Crippen LogP contribution >= 0.6 is 0 Å². The molecule has 0 spiro atoms. The molecule has 9 heteroatoms. The summed E-state index contributed by atoms with van der Waals surface area (Å²) in [4.78, 5) is 32.0. The number of piperidine rings is 1. The van der Waals surface area contributed by atoms with Gasteiger partial charge in [-0.25, -0.2) is 9.97 Å². The normalized spacial score (nSPS) is 17.1. The number of nitrogens with zero attached hydrogens (tertiary/aromatic N) is 7. The molecule has 1 aromatic carbocycles. The minimum Gasteiger partial charge on any atom is -0.384 e. The molecule has 2 aliphatic heterocycles. The summed E-state index contributed by atoms with van der Waals surface area (Å²) in [5, 5.41) is 1.13. The van der Waals surface area contributed by atoms with Gasteiger partial charge >= 0.3 is 0 Å². The molecule has 2 saturated heterocycles. The van der Waals surface area contributed by atoms with Crippen molar-refractivity contribution in [2.75, 3.05) is 63.0 Å². The molecule has 9 nitrogen and oxygen atoms in total. The molecule has 2 N–H and O–H groups in total. The highest BCUT2D eigenvalue weighted by atomic mass is 16.2. The van der Waals surface area contributed by atoms with Gasteiger partial charge in [-0.2, -0.15) is 0 Å². The molecule has 6 rings (SSSR count). The van der Waals surface area contributed by atoms with Crippen LogP contribution in [0.2, 0.25) is 0 Å².